The van der Waals surface area contributed by atoms with Crippen molar-refractivity contribution in [1.29, 1.82) is 0 Å². The topological polar surface area (TPSA) is 87.9 Å². The molecule has 5 atom stereocenters. The van der Waals surface area contributed by atoms with Gasteiger partial charge >= 0.3 is 0 Å². The molecular weight excluding hydrogens is 452 g/mol. The average Bonchev–Trinajstić information content (AvgIpc) is 3.45. The lowest BCUT2D eigenvalue weighted by molar-refractivity contribution is -0.134. The zero-order valence-electron chi connectivity index (χ0n) is 20.0. The monoisotopic (exact) mass is 488 g/mol. The number of fused-ring (bicyclic) bond motifs is 2. The van der Waals surface area contributed by atoms with Crippen molar-refractivity contribution in [3.05, 3.63) is 41.4 Å². The number of allylic oxidation sites excluding steroid dienone is 2. The number of primary amides is 1. The molecule has 3 unspecified atom stereocenters. The molecule has 8 heteroatoms. The minimum Gasteiger partial charge on any atom is -0.375 e. The summed E-state index contributed by atoms with van der Waals surface area (Å²) >= 11 is 6.02. The van der Waals surface area contributed by atoms with E-state index in [-0.39, 0.29) is 35.7 Å². The van der Waals surface area contributed by atoms with Crippen LogP contribution in [0, 0.1) is 23.7 Å². The van der Waals surface area contributed by atoms with Gasteiger partial charge in [0.1, 0.15) is 0 Å². The van der Waals surface area contributed by atoms with E-state index in [1.807, 2.05) is 18.2 Å². The van der Waals surface area contributed by atoms with E-state index in [1.54, 1.807) is 0 Å². The zero-order chi connectivity index (χ0) is 24.1. The van der Waals surface area contributed by atoms with Crippen LogP contribution in [-0.2, 0) is 14.3 Å². The second-order valence-electron chi connectivity index (χ2n) is 9.76. The summed E-state index contributed by atoms with van der Waals surface area (Å²) in [5.74, 6) is -0.972. The Bertz CT molecular complexity index is 869. The Kier molecular flexibility index (Phi) is 8.51. The summed E-state index contributed by atoms with van der Waals surface area (Å²) in [4.78, 5) is 29.8. The lowest BCUT2D eigenvalue weighted by atomic mass is 9.82. The van der Waals surface area contributed by atoms with E-state index in [0.717, 1.165) is 57.0 Å². The minimum atomic E-state index is -0.393. The van der Waals surface area contributed by atoms with Crippen LogP contribution in [-0.4, -0.2) is 68.7 Å². The molecule has 1 saturated heterocycles. The number of hydrogen-bond donors (Lipinski definition) is 2. The van der Waals surface area contributed by atoms with Gasteiger partial charge in [-0.05, 0) is 48.9 Å². The molecule has 34 heavy (non-hydrogen) atoms. The Balaban J connectivity index is 1.29. The number of halogens is 1. The molecule has 0 aromatic heterocycles. The SMILES string of the molecule is CCCCOC(CNC(=O)C1C(C(N)=O)[C@@H]2C=C[C@H]1C2)CN1CCN(c2ccc(Cl)cc2)CC1. The van der Waals surface area contributed by atoms with Crippen LogP contribution < -0.4 is 16.0 Å². The van der Waals surface area contributed by atoms with Crippen LogP contribution in [0.2, 0.25) is 5.02 Å². The quantitative estimate of drug-likeness (QED) is 0.369. The number of unbranched alkanes of at least 4 members (excludes halogenated alkanes) is 1. The number of rotatable bonds is 11. The molecule has 3 aliphatic rings. The Morgan fingerprint density at radius 1 is 1.12 bits per heavy atom. The summed E-state index contributed by atoms with van der Waals surface area (Å²) in [5, 5.41) is 3.85. The van der Waals surface area contributed by atoms with Crippen LogP contribution in [0.5, 0.6) is 0 Å². The van der Waals surface area contributed by atoms with E-state index < -0.39 is 5.92 Å². The fraction of sp³-hybridized carbons (Fsp3) is 0.615. The third kappa shape index (κ3) is 5.93. The standard InChI is InChI=1S/C26H37ClN4O3/c1-2-3-14-34-22(16-29-26(33)24-19-5-4-18(15-19)23(24)25(28)32)17-30-10-12-31(13-11-30)21-8-6-20(27)7-9-21/h4-9,18-19,22-24H,2-3,10-17H2,1H3,(H2,28,32)(H,29,33)/t18-,19+,22?,23?,24?/m1/s1. The van der Waals surface area contributed by atoms with Gasteiger partial charge in [0.2, 0.25) is 11.8 Å². The van der Waals surface area contributed by atoms with Crippen molar-refractivity contribution < 1.29 is 14.3 Å². The molecule has 0 spiro atoms. The van der Waals surface area contributed by atoms with Crippen molar-refractivity contribution in [2.24, 2.45) is 29.4 Å². The van der Waals surface area contributed by atoms with E-state index in [1.165, 1.54) is 5.69 Å². The normalized spacial score (nSPS) is 27.2. The van der Waals surface area contributed by atoms with Gasteiger partial charge in [0.05, 0.1) is 17.9 Å². The van der Waals surface area contributed by atoms with Gasteiger partial charge in [-0.15, -0.1) is 0 Å². The molecule has 1 aromatic carbocycles. The Morgan fingerprint density at radius 3 is 2.44 bits per heavy atom. The highest BCUT2D eigenvalue weighted by Crippen LogP contribution is 2.47. The number of carbonyl (C=O) groups is 2. The second-order valence-corrected chi connectivity index (χ2v) is 10.2. The van der Waals surface area contributed by atoms with Crippen LogP contribution in [0.25, 0.3) is 0 Å². The van der Waals surface area contributed by atoms with Crippen LogP contribution in [0.4, 0.5) is 5.69 Å². The average molecular weight is 489 g/mol. The first-order valence-corrected chi connectivity index (χ1v) is 12.9. The lowest BCUT2D eigenvalue weighted by Crippen LogP contribution is -2.51. The largest absolute Gasteiger partial charge is 0.375 e. The van der Waals surface area contributed by atoms with Gasteiger partial charge in [-0.3, -0.25) is 14.5 Å². The predicted octanol–water partition coefficient (Wildman–Crippen LogP) is 2.69. The summed E-state index contributed by atoms with van der Waals surface area (Å²) in [6.45, 7) is 7.79. The Labute approximate surface area is 207 Å². The van der Waals surface area contributed by atoms with Crippen molar-refractivity contribution in [3.8, 4) is 0 Å². The molecule has 2 amide bonds. The first-order valence-electron chi connectivity index (χ1n) is 12.6. The van der Waals surface area contributed by atoms with Crippen molar-refractivity contribution in [2.75, 3.05) is 50.8 Å². The van der Waals surface area contributed by atoms with Gasteiger partial charge in [0, 0.05) is 56.6 Å². The van der Waals surface area contributed by atoms with E-state index in [2.05, 4.69) is 40.2 Å². The number of anilines is 1. The molecule has 7 nitrogen and oxygen atoms in total. The van der Waals surface area contributed by atoms with Gasteiger partial charge in [0.15, 0.2) is 0 Å². The highest BCUT2D eigenvalue weighted by atomic mass is 35.5. The van der Waals surface area contributed by atoms with Gasteiger partial charge in [-0.2, -0.15) is 0 Å². The van der Waals surface area contributed by atoms with Crippen LogP contribution >= 0.6 is 11.6 Å². The number of nitrogens with two attached hydrogens (primary N) is 1. The Hall–Kier alpha value is -2.09. The fourth-order valence-electron chi connectivity index (χ4n) is 5.60. The molecule has 1 saturated carbocycles. The van der Waals surface area contributed by atoms with Crippen LogP contribution in [0.3, 0.4) is 0 Å². The highest BCUT2D eigenvalue weighted by Gasteiger charge is 2.50. The van der Waals surface area contributed by atoms with E-state index >= 15 is 0 Å². The first kappa shape index (κ1) is 25.0. The maximum absolute atomic E-state index is 13.1. The van der Waals surface area contributed by atoms with Crippen molar-refractivity contribution >= 4 is 29.1 Å². The van der Waals surface area contributed by atoms with Gasteiger partial charge in [0.25, 0.3) is 0 Å². The van der Waals surface area contributed by atoms with Crippen molar-refractivity contribution in [1.82, 2.24) is 10.2 Å². The maximum Gasteiger partial charge on any atom is 0.224 e. The molecule has 0 radical (unpaired) electrons. The predicted molar refractivity (Wildman–Crippen MR) is 135 cm³/mol. The fourth-order valence-corrected chi connectivity index (χ4v) is 5.72. The number of nitrogens with zero attached hydrogens (tertiary/aromatic N) is 2. The molecule has 4 rings (SSSR count). The minimum absolute atomic E-state index is 0.0719. The second kappa shape index (κ2) is 11.6. The number of nitrogens with one attached hydrogen (secondary N) is 1. The smallest absolute Gasteiger partial charge is 0.224 e. The van der Waals surface area contributed by atoms with Crippen LogP contribution in [0.1, 0.15) is 26.2 Å². The summed E-state index contributed by atoms with van der Waals surface area (Å²) < 4.78 is 6.17. The van der Waals surface area contributed by atoms with Gasteiger partial charge in [-0.1, -0.05) is 37.1 Å². The number of piperazine rings is 1. The maximum atomic E-state index is 13.1. The van der Waals surface area contributed by atoms with Crippen molar-refractivity contribution in [3.63, 3.8) is 0 Å². The Morgan fingerprint density at radius 2 is 1.79 bits per heavy atom. The first-order chi connectivity index (χ1) is 16.5. The third-order valence-corrected chi connectivity index (χ3v) is 7.72. The molecule has 3 N–H and O–H groups in total. The lowest BCUT2D eigenvalue weighted by Gasteiger charge is -2.37. The molecule has 1 aliphatic heterocycles. The molecule has 2 fully saturated rings. The number of carbonyl (C=O) groups excluding carboxylic acids is 2. The zero-order valence-corrected chi connectivity index (χ0v) is 20.8. The molecule has 186 valence electrons. The molecule has 2 bridgehead atoms. The van der Waals surface area contributed by atoms with E-state index in [0.29, 0.717) is 13.2 Å². The van der Waals surface area contributed by atoms with E-state index in [9.17, 15) is 9.59 Å². The summed E-state index contributed by atoms with van der Waals surface area (Å²) in [5.41, 5.74) is 6.83. The molecule has 2 aliphatic carbocycles. The van der Waals surface area contributed by atoms with Crippen molar-refractivity contribution in [2.45, 2.75) is 32.3 Å². The molecule has 1 aromatic rings. The summed E-state index contributed by atoms with van der Waals surface area (Å²) in [6.07, 6.45) is 6.94. The summed E-state index contributed by atoms with van der Waals surface area (Å²) in [7, 11) is 0. The highest BCUT2D eigenvalue weighted by molar-refractivity contribution is 6.30. The summed E-state index contributed by atoms with van der Waals surface area (Å²) in [6, 6.07) is 7.99. The third-order valence-electron chi connectivity index (χ3n) is 7.47. The molecule has 1 heterocycles. The van der Waals surface area contributed by atoms with E-state index in [4.69, 9.17) is 22.1 Å². The van der Waals surface area contributed by atoms with Gasteiger partial charge in [-0.25, -0.2) is 0 Å². The number of amides is 2. The van der Waals surface area contributed by atoms with Gasteiger partial charge < -0.3 is 20.7 Å². The number of hydrogen-bond acceptors (Lipinski definition) is 5. The molecular formula is C26H37ClN4O3. The number of benzene rings is 1. The van der Waals surface area contributed by atoms with Crippen LogP contribution in [0.15, 0.2) is 36.4 Å². The number of ether oxygens (including phenoxy) is 1.